The number of hydrogen-bond acceptors (Lipinski definition) is 5. The zero-order chi connectivity index (χ0) is 23.1. The largest absolute Gasteiger partial charge is 0.455 e. The van der Waals surface area contributed by atoms with Crippen LogP contribution in [0.2, 0.25) is 0 Å². The Morgan fingerprint density at radius 2 is 1.72 bits per heavy atom. The van der Waals surface area contributed by atoms with E-state index in [9.17, 15) is 19.2 Å². The van der Waals surface area contributed by atoms with Gasteiger partial charge in [-0.2, -0.15) is 0 Å². The molecule has 2 aliphatic rings. The number of carbonyl (C=O) groups excluding carboxylic acids is 4. The third-order valence-corrected chi connectivity index (χ3v) is 6.79. The van der Waals surface area contributed by atoms with Gasteiger partial charge in [-0.15, -0.1) is 0 Å². The molecule has 2 N–H and O–H groups in total. The molecule has 1 saturated heterocycles. The summed E-state index contributed by atoms with van der Waals surface area (Å²) in [6.45, 7) is 3.95. The summed E-state index contributed by atoms with van der Waals surface area (Å²) in [5.74, 6) is -0.834. The van der Waals surface area contributed by atoms with Gasteiger partial charge in [-0.25, -0.2) is 4.79 Å². The molecule has 1 aromatic rings. The van der Waals surface area contributed by atoms with E-state index < -0.39 is 29.9 Å². The fourth-order valence-electron chi connectivity index (χ4n) is 4.74. The van der Waals surface area contributed by atoms with Crippen LogP contribution in [0.4, 0.5) is 4.79 Å². The number of benzene rings is 1. The molecular weight excluding hydrogens is 410 g/mol. The summed E-state index contributed by atoms with van der Waals surface area (Å²) in [5.41, 5.74) is -0.120. The van der Waals surface area contributed by atoms with Crippen LogP contribution in [0, 0.1) is 5.92 Å². The van der Waals surface area contributed by atoms with Crippen LogP contribution in [-0.4, -0.2) is 54.5 Å². The number of likely N-dealkylation sites (tertiary alicyclic amines) is 1. The Morgan fingerprint density at radius 1 is 1.06 bits per heavy atom. The van der Waals surface area contributed by atoms with Crippen LogP contribution in [0.3, 0.4) is 0 Å². The van der Waals surface area contributed by atoms with E-state index in [1.165, 1.54) is 6.92 Å². The predicted molar refractivity (Wildman–Crippen MR) is 119 cm³/mol. The lowest BCUT2D eigenvalue weighted by molar-refractivity contribution is -0.157. The molecule has 0 spiro atoms. The van der Waals surface area contributed by atoms with Gasteiger partial charge in [-0.05, 0) is 37.2 Å². The predicted octanol–water partition coefficient (Wildman–Crippen LogP) is 2.51. The van der Waals surface area contributed by atoms with E-state index in [4.69, 9.17) is 4.74 Å². The van der Waals surface area contributed by atoms with Crippen LogP contribution in [0.25, 0.3) is 0 Å². The highest BCUT2D eigenvalue weighted by molar-refractivity contribution is 5.96. The quantitative estimate of drug-likeness (QED) is 0.681. The standard InChI is InChI=1S/C24H33N3O5/c1-17-8-6-7-11-20(17)25-23(31)26-21(29)16-32-22(30)24(19-9-4-3-5-10-19)12-14-27(15-13-24)18(2)28/h3-5,9-10,17,20H,6-8,11-16H2,1-2H3,(H2,25,26,29,31). The van der Waals surface area contributed by atoms with E-state index in [-0.39, 0.29) is 11.9 Å². The van der Waals surface area contributed by atoms with Gasteiger partial charge >= 0.3 is 12.0 Å². The van der Waals surface area contributed by atoms with Crippen LogP contribution in [0.5, 0.6) is 0 Å². The van der Waals surface area contributed by atoms with E-state index in [1.54, 1.807) is 4.90 Å². The Balaban J connectivity index is 1.57. The SMILES string of the molecule is CC(=O)N1CCC(C(=O)OCC(=O)NC(=O)NC2CCCCC2C)(c2ccccc2)CC1. The zero-order valence-electron chi connectivity index (χ0n) is 18.9. The first-order valence-corrected chi connectivity index (χ1v) is 11.4. The van der Waals surface area contributed by atoms with E-state index >= 15 is 0 Å². The molecule has 32 heavy (non-hydrogen) atoms. The Bertz CT molecular complexity index is 833. The van der Waals surface area contributed by atoms with Gasteiger partial charge in [-0.1, -0.05) is 50.1 Å². The van der Waals surface area contributed by atoms with Crippen molar-refractivity contribution in [2.24, 2.45) is 5.92 Å². The van der Waals surface area contributed by atoms with Gasteiger partial charge in [0.05, 0.1) is 5.41 Å². The molecule has 2 unspecified atom stereocenters. The number of esters is 1. The van der Waals surface area contributed by atoms with Crippen LogP contribution in [0.1, 0.15) is 57.9 Å². The highest BCUT2D eigenvalue weighted by Gasteiger charge is 2.45. The molecule has 1 aliphatic carbocycles. The molecule has 8 heteroatoms. The minimum atomic E-state index is -0.923. The normalized spacial score (nSPS) is 22.5. The lowest BCUT2D eigenvalue weighted by Crippen LogP contribution is -2.51. The minimum Gasteiger partial charge on any atom is -0.455 e. The molecule has 2 fully saturated rings. The molecule has 3 rings (SSSR count). The molecule has 0 aromatic heterocycles. The van der Waals surface area contributed by atoms with Crippen molar-refractivity contribution in [3.05, 3.63) is 35.9 Å². The molecular formula is C24H33N3O5. The van der Waals surface area contributed by atoms with E-state index in [0.29, 0.717) is 31.8 Å². The van der Waals surface area contributed by atoms with Crippen molar-refractivity contribution in [2.45, 2.75) is 63.8 Å². The number of carbonyl (C=O) groups is 4. The van der Waals surface area contributed by atoms with Crippen molar-refractivity contribution < 1.29 is 23.9 Å². The molecule has 1 saturated carbocycles. The first kappa shape index (κ1) is 23.8. The maximum atomic E-state index is 13.1. The maximum absolute atomic E-state index is 13.1. The number of hydrogen-bond donors (Lipinski definition) is 2. The first-order valence-electron chi connectivity index (χ1n) is 11.4. The Hall–Kier alpha value is -2.90. The highest BCUT2D eigenvalue weighted by atomic mass is 16.5. The van der Waals surface area contributed by atoms with Gasteiger partial charge in [0.1, 0.15) is 0 Å². The summed E-state index contributed by atoms with van der Waals surface area (Å²) < 4.78 is 5.37. The number of nitrogens with one attached hydrogen (secondary N) is 2. The summed E-state index contributed by atoms with van der Waals surface area (Å²) in [4.78, 5) is 51.0. The van der Waals surface area contributed by atoms with Crippen molar-refractivity contribution in [3.8, 4) is 0 Å². The van der Waals surface area contributed by atoms with Crippen LogP contribution in [0.15, 0.2) is 30.3 Å². The number of rotatable bonds is 5. The third-order valence-electron chi connectivity index (χ3n) is 6.79. The number of urea groups is 1. The van der Waals surface area contributed by atoms with Crippen LogP contribution < -0.4 is 10.6 Å². The molecule has 1 heterocycles. The second-order valence-electron chi connectivity index (χ2n) is 8.92. The Morgan fingerprint density at radius 3 is 2.34 bits per heavy atom. The number of piperidine rings is 1. The van der Waals surface area contributed by atoms with Crippen LogP contribution in [-0.2, 0) is 24.5 Å². The Labute approximate surface area is 189 Å². The molecule has 2 atom stereocenters. The van der Waals surface area contributed by atoms with Crippen molar-refractivity contribution in [3.63, 3.8) is 0 Å². The molecule has 1 aromatic carbocycles. The van der Waals surface area contributed by atoms with Gasteiger partial charge < -0.3 is 15.0 Å². The van der Waals surface area contributed by atoms with Gasteiger partial charge in [-0.3, -0.25) is 19.7 Å². The number of ether oxygens (including phenoxy) is 1. The summed E-state index contributed by atoms with van der Waals surface area (Å²) in [6, 6.07) is 8.79. The van der Waals surface area contributed by atoms with E-state index in [2.05, 4.69) is 17.6 Å². The zero-order valence-corrected chi connectivity index (χ0v) is 18.9. The summed E-state index contributed by atoms with van der Waals surface area (Å²) in [5, 5.41) is 5.11. The molecule has 174 valence electrons. The number of nitrogens with zero attached hydrogens (tertiary/aromatic N) is 1. The molecule has 1 aliphatic heterocycles. The van der Waals surface area contributed by atoms with Crippen molar-refractivity contribution in [1.29, 1.82) is 0 Å². The summed E-state index contributed by atoms with van der Waals surface area (Å²) in [7, 11) is 0. The fraction of sp³-hybridized carbons (Fsp3) is 0.583. The molecule has 0 radical (unpaired) electrons. The van der Waals surface area contributed by atoms with Crippen molar-refractivity contribution in [1.82, 2.24) is 15.5 Å². The summed E-state index contributed by atoms with van der Waals surface area (Å²) in [6.07, 6.45) is 4.99. The second-order valence-corrected chi connectivity index (χ2v) is 8.92. The Kier molecular flexibility index (Phi) is 7.88. The maximum Gasteiger partial charge on any atom is 0.321 e. The lowest BCUT2D eigenvalue weighted by atomic mass is 9.72. The minimum absolute atomic E-state index is 0.0299. The second kappa shape index (κ2) is 10.6. The topological polar surface area (TPSA) is 105 Å². The van der Waals surface area contributed by atoms with Gasteiger partial charge in [0, 0.05) is 26.1 Å². The number of amides is 4. The lowest BCUT2D eigenvalue weighted by Gasteiger charge is -2.40. The van der Waals surface area contributed by atoms with E-state index in [1.807, 2.05) is 30.3 Å². The van der Waals surface area contributed by atoms with Crippen LogP contribution >= 0.6 is 0 Å². The molecule has 4 amide bonds. The van der Waals surface area contributed by atoms with Gasteiger partial charge in [0.2, 0.25) is 5.91 Å². The number of imide groups is 1. The van der Waals surface area contributed by atoms with Crippen molar-refractivity contribution in [2.75, 3.05) is 19.7 Å². The smallest absolute Gasteiger partial charge is 0.321 e. The summed E-state index contributed by atoms with van der Waals surface area (Å²) >= 11 is 0. The highest BCUT2D eigenvalue weighted by Crippen LogP contribution is 2.37. The van der Waals surface area contributed by atoms with Crippen molar-refractivity contribution >= 4 is 23.8 Å². The van der Waals surface area contributed by atoms with E-state index in [0.717, 1.165) is 31.2 Å². The fourth-order valence-corrected chi connectivity index (χ4v) is 4.74. The third kappa shape index (κ3) is 5.66. The average molecular weight is 444 g/mol. The average Bonchev–Trinajstić information content (AvgIpc) is 2.79. The van der Waals surface area contributed by atoms with Gasteiger partial charge in [0.25, 0.3) is 5.91 Å². The first-order chi connectivity index (χ1) is 15.3. The molecule has 8 nitrogen and oxygen atoms in total. The monoisotopic (exact) mass is 443 g/mol. The van der Waals surface area contributed by atoms with Gasteiger partial charge in [0.15, 0.2) is 6.61 Å². The molecule has 0 bridgehead atoms.